The third-order valence-electron chi connectivity index (χ3n) is 5.64. The van der Waals surface area contributed by atoms with Gasteiger partial charge in [-0.05, 0) is 23.1 Å². The van der Waals surface area contributed by atoms with Crippen LogP contribution in [0.4, 0.5) is 4.79 Å². The summed E-state index contributed by atoms with van der Waals surface area (Å²) < 4.78 is 5.36. The van der Waals surface area contributed by atoms with E-state index in [1.807, 2.05) is 91.0 Å². The molecule has 3 rings (SSSR count). The van der Waals surface area contributed by atoms with Gasteiger partial charge in [0.15, 0.2) is 0 Å². The summed E-state index contributed by atoms with van der Waals surface area (Å²) in [6.07, 6.45) is 3.21. The summed E-state index contributed by atoms with van der Waals surface area (Å²) in [6, 6.07) is 27.1. The number of alkyl carbamates (subject to hydrolysis) is 1. The van der Waals surface area contributed by atoms with Crippen molar-refractivity contribution >= 4 is 17.9 Å². The minimum Gasteiger partial charge on any atom is -0.445 e. The standard InChI is InChI=1S/C30H33N3O4/c1-33(2)28(34)19-18-26(20-23-12-6-3-7-13-23)31-29(35)27(21-24-14-8-4-9-15-24)32-30(36)37-22-25-16-10-5-11-17-25/h3-19,26-27H,20-22H2,1-2H3,(H,31,35)(H,32,36)/b19-18+/t26-,27+/m1/s1. The number of likely N-dealkylation sites (N-methyl/N-ethyl adjacent to an activating group) is 1. The molecule has 0 aliphatic rings. The molecule has 7 nitrogen and oxygen atoms in total. The van der Waals surface area contributed by atoms with Crippen molar-refractivity contribution in [2.45, 2.75) is 31.5 Å². The summed E-state index contributed by atoms with van der Waals surface area (Å²) in [5, 5.41) is 5.71. The van der Waals surface area contributed by atoms with Crippen molar-refractivity contribution in [2.75, 3.05) is 14.1 Å². The van der Waals surface area contributed by atoms with Crippen molar-refractivity contribution in [3.63, 3.8) is 0 Å². The fraction of sp³-hybridized carbons (Fsp3) is 0.233. The molecule has 0 saturated heterocycles. The lowest BCUT2D eigenvalue weighted by Gasteiger charge is -2.22. The molecule has 0 aromatic heterocycles. The van der Waals surface area contributed by atoms with Crippen LogP contribution in [0.3, 0.4) is 0 Å². The SMILES string of the molecule is CN(C)C(=O)/C=C/[C@H](Cc1ccccc1)NC(=O)[C@H](Cc1ccccc1)NC(=O)OCc1ccccc1. The molecule has 0 bridgehead atoms. The van der Waals surface area contributed by atoms with E-state index >= 15 is 0 Å². The third kappa shape index (κ3) is 9.64. The van der Waals surface area contributed by atoms with E-state index in [2.05, 4.69) is 10.6 Å². The molecular weight excluding hydrogens is 466 g/mol. The topological polar surface area (TPSA) is 87.7 Å². The van der Waals surface area contributed by atoms with Crippen LogP contribution in [0.5, 0.6) is 0 Å². The average molecular weight is 500 g/mol. The Labute approximate surface area is 218 Å². The first-order valence-corrected chi connectivity index (χ1v) is 12.2. The molecule has 3 amide bonds. The highest BCUT2D eigenvalue weighted by Gasteiger charge is 2.24. The van der Waals surface area contributed by atoms with Crippen LogP contribution in [0.2, 0.25) is 0 Å². The number of ether oxygens (including phenoxy) is 1. The summed E-state index contributed by atoms with van der Waals surface area (Å²) in [7, 11) is 3.33. The van der Waals surface area contributed by atoms with Gasteiger partial charge in [-0.25, -0.2) is 4.79 Å². The Hall–Kier alpha value is -4.39. The van der Waals surface area contributed by atoms with Crippen LogP contribution < -0.4 is 10.6 Å². The van der Waals surface area contributed by atoms with Crippen LogP contribution >= 0.6 is 0 Å². The second-order valence-corrected chi connectivity index (χ2v) is 8.84. The van der Waals surface area contributed by atoms with Gasteiger partial charge in [-0.1, -0.05) is 97.1 Å². The number of hydrogen-bond acceptors (Lipinski definition) is 4. The smallest absolute Gasteiger partial charge is 0.408 e. The van der Waals surface area contributed by atoms with Crippen LogP contribution in [-0.4, -0.2) is 49.0 Å². The largest absolute Gasteiger partial charge is 0.445 e. The van der Waals surface area contributed by atoms with Gasteiger partial charge in [0.05, 0.1) is 6.04 Å². The second kappa shape index (κ2) is 14.2. The Kier molecular flexibility index (Phi) is 10.5. The molecule has 7 heteroatoms. The normalized spacial score (nSPS) is 12.4. The van der Waals surface area contributed by atoms with E-state index in [0.717, 1.165) is 16.7 Å². The first-order chi connectivity index (χ1) is 17.9. The number of benzene rings is 3. The van der Waals surface area contributed by atoms with Crippen molar-refractivity contribution in [1.82, 2.24) is 15.5 Å². The fourth-order valence-electron chi connectivity index (χ4n) is 3.63. The summed E-state index contributed by atoms with van der Waals surface area (Å²) in [5.74, 6) is -0.556. The Balaban J connectivity index is 1.74. The number of carbonyl (C=O) groups excluding carboxylic acids is 3. The Morgan fingerprint density at radius 1 is 0.757 bits per heavy atom. The maximum atomic E-state index is 13.4. The van der Waals surface area contributed by atoms with E-state index in [1.165, 1.54) is 11.0 Å². The third-order valence-corrected chi connectivity index (χ3v) is 5.64. The monoisotopic (exact) mass is 499 g/mol. The lowest BCUT2D eigenvalue weighted by atomic mass is 10.0. The Morgan fingerprint density at radius 3 is 1.81 bits per heavy atom. The molecule has 3 aromatic rings. The van der Waals surface area contributed by atoms with Crippen molar-refractivity contribution in [3.8, 4) is 0 Å². The molecule has 2 N–H and O–H groups in total. The summed E-state index contributed by atoms with van der Waals surface area (Å²) >= 11 is 0. The highest BCUT2D eigenvalue weighted by molar-refractivity contribution is 5.88. The highest BCUT2D eigenvalue weighted by Crippen LogP contribution is 2.09. The van der Waals surface area contributed by atoms with Crippen molar-refractivity contribution < 1.29 is 19.1 Å². The van der Waals surface area contributed by atoms with E-state index in [4.69, 9.17) is 4.74 Å². The minimum absolute atomic E-state index is 0.0956. The van der Waals surface area contributed by atoms with E-state index in [0.29, 0.717) is 6.42 Å². The quantitative estimate of drug-likeness (QED) is 0.392. The van der Waals surface area contributed by atoms with E-state index in [-0.39, 0.29) is 24.8 Å². The van der Waals surface area contributed by atoms with E-state index in [9.17, 15) is 14.4 Å². The van der Waals surface area contributed by atoms with E-state index in [1.54, 1.807) is 20.2 Å². The predicted molar refractivity (Wildman–Crippen MR) is 144 cm³/mol. The zero-order chi connectivity index (χ0) is 26.5. The maximum Gasteiger partial charge on any atom is 0.408 e. The van der Waals surface area contributed by atoms with Crippen molar-refractivity contribution in [2.24, 2.45) is 0 Å². The highest BCUT2D eigenvalue weighted by atomic mass is 16.5. The molecule has 3 aromatic carbocycles. The summed E-state index contributed by atoms with van der Waals surface area (Å²) in [6.45, 7) is 0.0956. The zero-order valence-electron chi connectivity index (χ0n) is 21.2. The zero-order valence-corrected chi connectivity index (χ0v) is 21.2. The number of rotatable bonds is 11. The lowest BCUT2D eigenvalue weighted by molar-refractivity contribution is -0.124. The van der Waals surface area contributed by atoms with Gasteiger partial charge in [0, 0.05) is 26.6 Å². The molecule has 37 heavy (non-hydrogen) atoms. The molecule has 0 saturated carbocycles. The first kappa shape index (κ1) is 27.2. The molecular formula is C30H33N3O4. The van der Waals surface area contributed by atoms with Crippen molar-refractivity contribution in [3.05, 3.63) is 120 Å². The van der Waals surface area contributed by atoms with Gasteiger partial charge in [0.2, 0.25) is 11.8 Å². The lowest BCUT2D eigenvalue weighted by Crippen LogP contribution is -2.51. The van der Waals surface area contributed by atoms with Gasteiger partial charge in [0.1, 0.15) is 12.6 Å². The van der Waals surface area contributed by atoms with Crippen LogP contribution in [0.15, 0.2) is 103 Å². The molecule has 2 atom stereocenters. The number of carbonyl (C=O) groups is 3. The summed E-state index contributed by atoms with van der Waals surface area (Å²) in [4.78, 5) is 39.6. The van der Waals surface area contributed by atoms with Gasteiger partial charge in [0.25, 0.3) is 0 Å². The maximum absolute atomic E-state index is 13.4. The average Bonchev–Trinajstić information content (AvgIpc) is 2.91. The van der Waals surface area contributed by atoms with Gasteiger partial charge in [-0.2, -0.15) is 0 Å². The first-order valence-electron chi connectivity index (χ1n) is 12.2. The molecule has 0 aliphatic heterocycles. The molecule has 0 fully saturated rings. The Morgan fingerprint density at radius 2 is 1.27 bits per heavy atom. The van der Waals surface area contributed by atoms with Gasteiger partial charge in [-0.3, -0.25) is 9.59 Å². The molecule has 0 unspecified atom stereocenters. The van der Waals surface area contributed by atoms with Crippen molar-refractivity contribution in [1.29, 1.82) is 0 Å². The number of amides is 3. The number of hydrogen-bond donors (Lipinski definition) is 2. The fourth-order valence-corrected chi connectivity index (χ4v) is 3.63. The number of nitrogens with one attached hydrogen (secondary N) is 2. The number of nitrogens with zero attached hydrogens (tertiary/aromatic N) is 1. The molecule has 0 radical (unpaired) electrons. The molecule has 0 aliphatic carbocycles. The van der Waals surface area contributed by atoms with Crippen LogP contribution in [0, 0.1) is 0 Å². The second-order valence-electron chi connectivity index (χ2n) is 8.84. The van der Waals surface area contributed by atoms with Crippen LogP contribution in [0.1, 0.15) is 16.7 Å². The van der Waals surface area contributed by atoms with Gasteiger partial charge < -0.3 is 20.3 Å². The molecule has 192 valence electrons. The van der Waals surface area contributed by atoms with E-state index < -0.39 is 18.2 Å². The molecule has 0 heterocycles. The Bertz CT molecular complexity index is 1170. The summed E-state index contributed by atoms with van der Waals surface area (Å²) in [5.41, 5.74) is 2.74. The molecule has 0 spiro atoms. The van der Waals surface area contributed by atoms with Gasteiger partial charge >= 0.3 is 6.09 Å². The minimum atomic E-state index is -0.873. The van der Waals surface area contributed by atoms with Gasteiger partial charge in [-0.15, -0.1) is 0 Å². The van der Waals surface area contributed by atoms with Crippen LogP contribution in [0.25, 0.3) is 0 Å². The predicted octanol–water partition coefficient (Wildman–Crippen LogP) is 3.90. The van der Waals surface area contributed by atoms with Crippen LogP contribution in [-0.2, 0) is 33.8 Å².